The minimum atomic E-state index is -0.0959. The van der Waals surface area contributed by atoms with Crippen molar-refractivity contribution in [2.75, 3.05) is 6.61 Å². The van der Waals surface area contributed by atoms with Crippen LogP contribution in [0.25, 0.3) is 0 Å². The number of hydrogen-bond donors (Lipinski definition) is 0. The van der Waals surface area contributed by atoms with Gasteiger partial charge >= 0.3 is 0 Å². The summed E-state index contributed by atoms with van der Waals surface area (Å²) in [5.41, 5.74) is 0.917. The van der Waals surface area contributed by atoms with Crippen LogP contribution in [0.1, 0.15) is 50.2 Å². The lowest BCUT2D eigenvalue weighted by Crippen LogP contribution is -2.35. The number of benzene rings is 1. The summed E-state index contributed by atoms with van der Waals surface area (Å²) in [6.45, 7) is 0.716. The van der Waals surface area contributed by atoms with Gasteiger partial charge in [-0.1, -0.05) is 48.5 Å². The first-order chi connectivity index (χ1) is 9.75. The number of ether oxygens (including phenoxy) is 2. The Labute approximate surface area is 130 Å². The summed E-state index contributed by atoms with van der Waals surface area (Å²) in [5.74, 6) is 0.521. The van der Waals surface area contributed by atoms with E-state index < -0.39 is 0 Å². The number of hydrogen-bond acceptors (Lipinski definition) is 2. The van der Waals surface area contributed by atoms with Crippen LogP contribution >= 0.6 is 23.2 Å². The fraction of sp³-hybridized carbons (Fsp3) is 0.625. The Balaban J connectivity index is 1.74. The lowest BCUT2D eigenvalue weighted by molar-refractivity contribution is -0.241. The molecule has 1 aliphatic carbocycles. The van der Waals surface area contributed by atoms with Crippen molar-refractivity contribution >= 4 is 23.2 Å². The normalized spacial score (nSPS) is 28.5. The van der Waals surface area contributed by atoms with Gasteiger partial charge in [-0.05, 0) is 25.0 Å². The first-order valence-electron chi connectivity index (χ1n) is 7.46. The molecule has 1 saturated heterocycles. The highest BCUT2D eigenvalue weighted by Crippen LogP contribution is 2.40. The topological polar surface area (TPSA) is 18.5 Å². The standard InChI is InChI=1S/C16H20Cl2O2/c17-12-7-4-8-13(18)15(12)14-9-10-19-16(20-14)11-5-2-1-3-6-11/h4,7-8,11,14,16H,1-3,5-6,9-10H2/t14-,16-/m0/s1. The van der Waals surface area contributed by atoms with Gasteiger partial charge < -0.3 is 9.47 Å². The van der Waals surface area contributed by atoms with Gasteiger partial charge in [-0.3, -0.25) is 0 Å². The summed E-state index contributed by atoms with van der Waals surface area (Å²) in [5, 5.41) is 1.37. The van der Waals surface area contributed by atoms with Gasteiger partial charge in [-0.25, -0.2) is 0 Å². The Morgan fingerprint density at radius 2 is 1.65 bits per heavy atom. The highest BCUT2D eigenvalue weighted by molar-refractivity contribution is 6.36. The van der Waals surface area contributed by atoms with E-state index in [1.807, 2.05) is 18.2 Å². The van der Waals surface area contributed by atoms with Gasteiger partial charge in [0.05, 0.1) is 12.7 Å². The molecule has 2 nitrogen and oxygen atoms in total. The van der Waals surface area contributed by atoms with Crippen LogP contribution in [0.2, 0.25) is 10.0 Å². The van der Waals surface area contributed by atoms with Crippen molar-refractivity contribution in [3.8, 4) is 0 Å². The van der Waals surface area contributed by atoms with Crippen molar-refractivity contribution in [1.29, 1.82) is 0 Å². The zero-order valence-corrected chi connectivity index (χ0v) is 13.0. The number of halogens is 2. The summed E-state index contributed by atoms with van der Waals surface area (Å²) in [6.07, 6.45) is 6.98. The average Bonchev–Trinajstić information content (AvgIpc) is 2.48. The van der Waals surface area contributed by atoms with Gasteiger partial charge in [0.1, 0.15) is 0 Å². The predicted octanol–water partition coefficient (Wildman–Crippen LogP) is 5.38. The molecule has 0 unspecified atom stereocenters. The third-order valence-electron chi connectivity index (χ3n) is 4.32. The molecule has 3 rings (SSSR count). The second kappa shape index (κ2) is 6.65. The van der Waals surface area contributed by atoms with Crippen LogP contribution in [0.4, 0.5) is 0 Å². The molecule has 1 aliphatic heterocycles. The van der Waals surface area contributed by atoms with Crippen molar-refractivity contribution in [3.05, 3.63) is 33.8 Å². The Morgan fingerprint density at radius 3 is 2.35 bits per heavy atom. The van der Waals surface area contributed by atoms with Gasteiger partial charge in [-0.2, -0.15) is 0 Å². The van der Waals surface area contributed by atoms with E-state index in [0.717, 1.165) is 12.0 Å². The summed E-state index contributed by atoms with van der Waals surface area (Å²) in [4.78, 5) is 0. The van der Waals surface area contributed by atoms with Crippen molar-refractivity contribution in [2.45, 2.75) is 50.9 Å². The lowest BCUT2D eigenvalue weighted by atomic mass is 9.88. The second-order valence-corrected chi connectivity index (χ2v) is 6.50. The molecule has 2 aliphatic rings. The summed E-state index contributed by atoms with van der Waals surface area (Å²) in [7, 11) is 0. The van der Waals surface area contributed by atoms with E-state index in [9.17, 15) is 0 Å². The van der Waals surface area contributed by atoms with Crippen LogP contribution in [-0.4, -0.2) is 12.9 Å². The molecule has 0 bridgehead atoms. The molecule has 0 N–H and O–H groups in total. The lowest BCUT2D eigenvalue weighted by Gasteiger charge is -2.37. The smallest absolute Gasteiger partial charge is 0.161 e. The molecule has 0 radical (unpaired) electrons. The van der Waals surface area contributed by atoms with E-state index in [1.54, 1.807) is 0 Å². The molecule has 0 aromatic heterocycles. The number of rotatable bonds is 2. The SMILES string of the molecule is Clc1cccc(Cl)c1[C@@H]1CCO[C@H](C2CCCCC2)O1. The molecule has 2 fully saturated rings. The first-order valence-corrected chi connectivity index (χ1v) is 8.22. The molecule has 1 aromatic carbocycles. The van der Waals surface area contributed by atoms with E-state index in [2.05, 4.69) is 0 Å². The zero-order valence-electron chi connectivity index (χ0n) is 11.5. The molecular weight excluding hydrogens is 295 g/mol. The molecule has 0 spiro atoms. The van der Waals surface area contributed by atoms with Crippen molar-refractivity contribution in [2.24, 2.45) is 5.92 Å². The molecule has 20 heavy (non-hydrogen) atoms. The van der Waals surface area contributed by atoms with E-state index in [1.165, 1.54) is 32.1 Å². The van der Waals surface area contributed by atoms with Crippen LogP contribution in [0.15, 0.2) is 18.2 Å². The van der Waals surface area contributed by atoms with Crippen LogP contribution in [0, 0.1) is 5.92 Å². The summed E-state index contributed by atoms with van der Waals surface area (Å²) < 4.78 is 12.0. The van der Waals surface area contributed by atoms with Gasteiger partial charge in [0.15, 0.2) is 6.29 Å². The minimum Gasteiger partial charge on any atom is -0.352 e. The quantitative estimate of drug-likeness (QED) is 0.729. The van der Waals surface area contributed by atoms with Crippen LogP contribution in [0.5, 0.6) is 0 Å². The Bertz CT molecular complexity index is 438. The molecule has 110 valence electrons. The van der Waals surface area contributed by atoms with Gasteiger partial charge in [-0.15, -0.1) is 0 Å². The van der Waals surface area contributed by atoms with Crippen LogP contribution in [-0.2, 0) is 9.47 Å². The largest absolute Gasteiger partial charge is 0.352 e. The first kappa shape index (κ1) is 14.6. The van der Waals surface area contributed by atoms with Crippen molar-refractivity contribution < 1.29 is 9.47 Å². The fourth-order valence-corrected chi connectivity index (χ4v) is 3.89. The Hall–Kier alpha value is -0.280. The maximum atomic E-state index is 6.29. The predicted molar refractivity (Wildman–Crippen MR) is 81.2 cm³/mol. The third kappa shape index (κ3) is 3.14. The molecule has 0 amide bonds. The van der Waals surface area contributed by atoms with Crippen LogP contribution in [0.3, 0.4) is 0 Å². The summed E-state index contributed by atoms with van der Waals surface area (Å²) in [6, 6.07) is 5.61. The molecule has 1 saturated carbocycles. The highest BCUT2D eigenvalue weighted by atomic mass is 35.5. The maximum Gasteiger partial charge on any atom is 0.161 e. The molecule has 1 aromatic rings. The van der Waals surface area contributed by atoms with Gasteiger partial charge in [0, 0.05) is 27.9 Å². The zero-order chi connectivity index (χ0) is 13.9. The van der Waals surface area contributed by atoms with E-state index in [4.69, 9.17) is 32.7 Å². The van der Waals surface area contributed by atoms with Crippen molar-refractivity contribution in [1.82, 2.24) is 0 Å². The second-order valence-electron chi connectivity index (χ2n) is 5.69. The van der Waals surface area contributed by atoms with Gasteiger partial charge in [0.2, 0.25) is 0 Å². The van der Waals surface area contributed by atoms with Crippen LogP contribution < -0.4 is 0 Å². The molecule has 2 atom stereocenters. The fourth-order valence-electron chi connectivity index (χ4n) is 3.24. The maximum absolute atomic E-state index is 6.29. The third-order valence-corrected chi connectivity index (χ3v) is 4.98. The highest BCUT2D eigenvalue weighted by Gasteiger charge is 2.33. The minimum absolute atomic E-state index is 0.0446. The Kier molecular flexibility index (Phi) is 4.87. The average molecular weight is 315 g/mol. The monoisotopic (exact) mass is 314 g/mol. The van der Waals surface area contributed by atoms with E-state index in [-0.39, 0.29) is 12.4 Å². The molecule has 4 heteroatoms. The molecular formula is C16H20Cl2O2. The van der Waals surface area contributed by atoms with E-state index in [0.29, 0.717) is 22.6 Å². The van der Waals surface area contributed by atoms with Crippen molar-refractivity contribution in [3.63, 3.8) is 0 Å². The molecule has 1 heterocycles. The Morgan fingerprint density at radius 1 is 0.950 bits per heavy atom. The van der Waals surface area contributed by atoms with E-state index >= 15 is 0 Å². The van der Waals surface area contributed by atoms with Gasteiger partial charge in [0.25, 0.3) is 0 Å². The summed E-state index contributed by atoms with van der Waals surface area (Å²) >= 11 is 12.6.